The molecule has 0 saturated carbocycles. The Labute approximate surface area is 109 Å². The van der Waals surface area contributed by atoms with Crippen molar-refractivity contribution in [2.75, 3.05) is 26.4 Å². The van der Waals surface area contributed by atoms with E-state index in [4.69, 9.17) is 18.9 Å². The van der Waals surface area contributed by atoms with Gasteiger partial charge in [0.15, 0.2) is 0 Å². The second kappa shape index (κ2) is 10.1. The molecule has 0 amide bonds. The molecule has 0 aliphatic rings. The van der Waals surface area contributed by atoms with Gasteiger partial charge >= 0.3 is 11.9 Å². The van der Waals surface area contributed by atoms with Crippen molar-refractivity contribution in [1.29, 1.82) is 0 Å². The van der Waals surface area contributed by atoms with Crippen molar-refractivity contribution in [1.82, 2.24) is 0 Å². The fourth-order valence-electron chi connectivity index (χ4n) is 1.23. The molecule has 0 heterocycles. The van der Waals surface area contributed by atoms with Crippen LogP contribution in [0.2, 0.25) is 0 Å². The number of carbonyl (C=O) groups excluding carboxylic acids is 1. The Balaban J connectivity index is 4.64. The maximum absolute atomic E-state index is 11.3. The van der Waals surface area contributed by atoms with Crippen molar-refractivity contribution in [3.63, 3.8) is 0 Å². The van der Waals surface area contributed by atoms with E-state index in [9.17, 15) is 4.79 Å². The van der Waals surface area contributed by atoms with Gasteiger partial charge < -0.3 is 18.9 Å². The molecule has 0 aliphatic carbocycles. The van der Waals surface area contributed by atoms with Gasteiger partial charge in [-0.25, -0.2) is 4.79 Å². The first-order valence-corrected chi connectivity index (χ1v) is 6.35. The highest BCUT2D eigenvalue weighted by Crippen LogP contribution is 2.18. The minimum atomic E-state index is -1.47. The van der Waals surface area contributed by atoms with Gasteiger partial charge in [-0.15, -0.1) is 0 Å². The van der Waals surface area contributed by atoms with E-state index in [2.05, 4.69) is 6.58 Å². The molecule has 0 aromatic rings. The first kappa shape index (κ1) is 17.1. The molecule has 0 rings (SSSR count). The van der Waals surface area contributed by atoms with Gasteiger partial charge in [0, 0.05) is 12.7 Å². The van der Waals surface area contributed by atoms with Crippen LogP contribution in [-0.2, 0) is 23.7 Å². The summed E-state index contributed by atoms with van der Waals surface area (Å²) in [5.41, 5.74) is 0. The number of esters is 1. The van der Waals surface area contributed by atoms with Crippen LogP contribution in [0.25, 0.3) is 0 Å². The molecule has 0 fully saturated rings. The first-order chi connectivity index (χ1) is 8.64. The summed E-state index contributed by atoms with van der Waals surface area (Å²) in [6, 6.07) is 0. The van der Waals surface area contributed by atoms with Crippen molar-refractivity contribution in [2.45, 2.75) is 39.6 Å². The lowest BCUT2D eigenvalue weighted by Gasteiger charge is -2.31. The van der Waals surface area contributed by atoms with Crippen LogP contribution in [-0.4, -0.2) is 38.4 Å². The third-order valence-electron chi connectivity index (χ3n) is 2.09. The van der Waals surface area contributed by atoms with Crippen LogP contribution in [0.15, 0.2) is 12.7 Å². The number of unbranched alkanes of at least 4 members (excludes halogenated alkanes) is 1. The standard InChI is InChI=1S/C13H24O5/c1-5-9-10-17-13(16-8-4,11-15-7-3)18-12(14)6-2/h6H,2,5,7-11H2,1,3-4H3. The molecule has 0 bridgehead atoms. The van der Waals surface area contributed by atoms with E-state index in [0.717, 1.165) is 18.9 Å². The fourth-order valence-corrected chi connectivity index (χ4v) is 1.23. The lowest BCUT2D eigenvalue weighted by atomic mass is 10.4. The topological polar surface area (TPSA) is 54.0 Å². The van der Waals surface area contributed by atoms with Crippen molar-refractivity contribution in [3.05, 3.63) is 12.7 Å². The van der Waals surface area contributed by atoms with Gasteiger partial charge in [0.05, 0.1) is 13.2 Å². The Kier molecular flexibility index (Phi) is 9.55. The lowest BCUT2D eigenvalue weighted by molar-refractivity contribution is -0.374. The Hall–Kier alpha value is -0.910. The van der Waals surface area contributed by atoms with E-state index in [1.54, 1.807) is 6.92 Å². The highest BCUT2D eigenvalue weighted by molar-refractivity contribution is 5.81. The second-order valence-electron chi connectivity index (χ2n) is 3.58. The minimum absolute atomic E-state index is 0.0423. The predicted molar refractivity (Wildman–Crippen MR) is 68.0 cm³/mol. The Bertz CT molecular complexity index is 242. The quantitative estimate of drug-likeness (QED) is 0.247. The van der Waals surface area contributed by atoms with Gasteiger partial charge in [0.25, 0.3) is 0 Å². The summed E-state index contributed by atoms with van der Waals surface area (Å²) in [5, 5.41) is 0. The van der Waals surface area contributed by atoms with Crippen LogP contribution in [0, 0.1) is 0 Å². The molecule has 0 N–H and O–H groups in total. The average molecular weight is 260 g/mol. The summed E-state index contributed by atoms with van der Waals surface area (Å²) < 4.78 is 21.4. The van der Waals surface area contributed by atoms with Gasteiger partial charge in [-0.05, 0) is 20.3 Å². The molecule has 1 atom stereocenters. The van der Waals surface area contributed by atoms with Crippen molar-refractivity contribution >= 4 is 5.97 Å². The molecule has 0 aliphatic heterocycles. The molecule has 5 nitrogen and oxygen atoms in total. The summed E-state index contributed by atoms with van der Waals surface area (Å²) >= 11 is 0. The average Bonchev–Trinajstić information content (AvgIpc) is 2.37. The third-order valence-corrected chi connectivity index (χ3v) is 2.09. The van der Waals surface area contributed by atoms with Gasteiger partial charge in [-0.1, -0.05) is 19.9 Å². The number of hydrogen-bond acceptors (Lipinski definition) is 5. The van der Waals surface area contributed by atoms with E-state index in [1.807, 2.05) is 13.8 Å². The summed E-state index contributed by atoms with van der Waals surface area (Å²) in [5.74, 6) is -2.06. The minimum Gasteiger partial charge on any atom is -0.402 e. The second-order valence-corrected chi connectivity index (χ2v) is 3.58. The summed E-state index contributed by atoms with van der Waals surface area (Å²) in [6.45, 7) is 10.4. The molecular formula is C13H24O5. The van der Waals surface area contributed by atoms with Crippen LogP contribution in [0.5, 0.6) is 0 Å². The summed E-state index contributed by atoms with van der Waals surface area (Å²) in [4.78, 5) is 11.3. The lowest BCUT2D eigenvalue weighted by Crippen LogP contribution is -2.45. The fraction of sp³-hybridized carbons (Fsp3) is 0.769. The van der Waals surface area contributed by atoms with Crippen molar-refractivity contribution in [3.8, 4) is 0 Å². The molecule has 0 aromatic heterocycles. The van der Waals surface area contributed by atoms with Crippen molar-refractivity contribution in [2.24, 2.45) is 0 Å². The largest absolute Gasteiger partial charge is 0.402 e. The van der Waals surface area contributed by atoms with E-state index in [1.165, 1.54) is 0 Å². The van der Waals surface area contributed by atoms with E-state index < -0.39 is 11.9 Å². The van der Waals surface area contributed by atoms with Crippen LogP contribution in [0.3, 0.4) is 0 Å². The highest BCUT2D eigenvalue weighted by atomic mass is 16.9. The zero-order chi connectivity index (χ0) is 13.9. The van der Waals surface area contributed by atoms with Crippen molar-refractivity contribution < 1.29 is 23.7 Å². The van der Waals surface area contributed by atoms with Gasteiger partial charge in [0.1, 0.15) is 6.61 Å². The smallest absolute Gasteiger partial charge is 0.354 e. The van der Waals surface area contributed by atoms with E-state index in [0.29, 0.717) is 19.8 Å². The van der Waals surface area contributed by atoms with Crippen LogP contribution in [0.1, 0.15) is 33.6 Å². The molecule has 5 heteroatoms. The van der Waals surface area contributed by atoms with E-state index >= 15 is 0 Å². The number of hydrogen-bond donors (Lipinski definition) is 0. The Morgan fingerprint density at radius 3 is 2.44 bits per heavy atom. The molecule has 0 spiro atoms. The summed E-state index contributed by atoms with van der Waals surface area (Å²) in [7, 11) is 0. The van der Waals surface area contributed by atoms with Gasteiger partial charge in [-0.2, -0.15) is 0 Å². The van der Waals surface area contributed by atoms with Crippen LogP contribution >= 0.6 is 0 Å². The van der Waals surface area contributed by atoms with Crippen LogP contribution in [0.4, 0.5) is 0 Å². The highest BCUT2D eigenvalue weighted by Gasteiger charge is 2.36. The molecule has 0 saturated heterocycles. The monoisotopic (exact) mass is 260 g/mol. The zero-order valence-corrected chi connectivity index (χ0v) is 11.6. The van der Waals surface area contributed by atoms with Gasteiger partial charge in [-0.3, -0.25) is 0 Å². The van der Waals surface area contributed by atoms with Crippen LogP contribution < -0.4 is 0 Å². The third kappa shape index (κ3) is 6.74. The zero-order valence-electron chi connectivity index (χ0n) is 11.6. The number of ether oxygens (including phenoxy) is 4. The molecule has 106 valence electrons. The van der Waals surface area contributed by atoms with Gasteiger partial charge in [0.2, 0.25) is 0 Å². The molecular weight excluding hydrogens is 236 g/mol. The Morgan fingerprint density at radius 1 is 1.22 bits per heavy atom. The number of carbonyl (C=O) groups is 1. The molecule has 0 aromatic carbocycles. The molecule has 0 radical (unpaired) electrons. The molecule has 1 unspecified atom stereocenters. The van der Waals surface area contributed by atoms with E-state index in [-0.39, 0.29) is 6.61 Å². The normalized spacial score (nSPS) is 13.9. The first-order valence-electron chi connectivity index (χ1n) is 6.35. The predicted octanol–water partition coefficient (Wildman–Crippen LogP) is 2.26. The maximum atomic E-state index is 11.3. The number of rotatable bonds is 11. The maximum Gasteiger partial charge on any atom is 0.354 e. The summed E-state index contributed by atoms with van der Waals surface area (Å²) in [6.07, 6.45) is 2.90. The Morgan fingerprint density at radius 2 is 1.94 bits per heavy atom. The molecule has 18 heavy (non-hydrogen) atoms. The SMILES string of the molecule is C=CC(=O)OC(COCC)(OCC)OCCCC.